The lowest BCUT2D eigenvalue weighted by atomic mass is 10.1. The highest BCUT2D eigenvalue weighted by Gasteiger charge is 2.02. The molecule has 0 saturated heterocycles. The fourth-order valence-electron chi connectivity index (χ4n) is 1.13. The van der Waals surface area contributed by atoms with Gasteiger partial charge in [-0.15, -0.1) is 0 Å². The van der Waals surface area contributed by atoms with Gasteiger partial charge in [0.1, 0.15) is 11.6 Å². The van der Waals surface area contributed by atoms with Crippen LogP contribution in [0.2, 0.25) is 0 Å². The largest absolute Gasteiger partial charge is 0.299 e. The number of halogens is 1. The van der Waals surface area contributed by atoms with E-state index in [4.69, 9.17) is 0 Å². The molecule has 1 rings (SSSR count). The van der Waals surface area contributed by atoms with E-state index in [2.05, 4.69) is 0 Å². The Morgan fingerprint density at radius 3 is 2.57 bits per heavy atom. The lowest BCUT2D eigenvalue weighted by Gasteiger charge is -2.00. The molecule has 0 unspecified atom stereocenters. The minimum atomic E-state index is -0.259. The highest BCUT2D eigenvalue weighted by molar-refractivity contribution is 7.98. The summed E-state index contributed by atoms with van der Waals surface area (Å²) in [6, 6.07) is 6.09. The van der Waals surface area contributed by atoms with Crippen LogP contribution in [0.5, 0.6) is 0 Å². The van der Waals surface area contributed by atoms with Crippen molar-refractivity contribution >= 4 is 17.5 Å². The molecule has 0 amide bonds. The lowest BCUT2D eigenvalue weighted by Crippen LogP contribution is -2.03. The Kier molecular flexibility index (Phi) is 4.66. The molecule has 0 aliphatic heterocycles. The van der Waals surface area contributed by atoms with Gasteiger partial charge in [-0.3, -0.25) is 4.79 Å². The van der Waals surface area contributed by atoms with E-state index in [1.165, 1.54) is 12.1 Å². The maximum Gasteiger partial charge on any atom is 0.138 e. The quantitative estimate of drug-likeness (QED) is 0.746. The molecule has 76 valence electrons. The third kappa shape index (κ3) is 3.92. The van der Waals surface area contributed by atoms with Crippen molar-refractivity contribution in [2.45, 2.75) is 12.8 Å². The third-order valence-corrected chi connectivity index (χ3v) is 2.51. The van der Waals surface area contributed by atoms with E-state index in [-0.39, 0.29) is 11.6 Å². The molecule has 3 heteroatoms. The van der Waals surface area contributed by atoms with Gasteiger partial charge in [-0.1, -0.05) is 12.1 Å². The second kappa shape index (κ2) is 5.81. The predicted molar refractivity (Wildman–Crippen MR) is 58.1 cm³/mol. The topological polar surface area (TPSA) is 17.1 Å². The van der Waals surface area contributed by atoms with Crippen LogP contribution < -0.4 is 0 Å². The molecule has 0 atom stereocenters. The smallest absolute Gasteiger partial charge is 0.138 e. The molecule has 0 aromatic heterocycles. The van der Waals surface area contributed by atoms with Gasteiger partial charge in [-0.2, -0.15) is 11.8 Å². The van der Waals surface area contributed by atoms with Gasteiger partial charge in [-0.25, -0.2) is 4.39 Å². The van der Waals surface area contributed by atoms with Gasteiger partial charge in [0.15, 0.2) is 0 Å². The summed E-state index contributed by atoms with van der Waals surface area (Å²) in [6.07, 6.45) is 2.99. The number of Topliss-reactive ketones (excluding diaryl/α,β-unsaturated/α-hetero) is 1. The van der Waals surface area contributed by atoms with Gasteiger partial charge in [0, 0.05) is 12.8 Å². The van der Waals surface area contributed by atoms with Gasteiger partial charge >= 0.3 is 0 Å². The molecular formula is C11H13FOS. The number of hydrogen-bond donors (Lipinski definition) is 0. The highest BCUT2D eigenvalue weighted by Crippen LogP contribution is 2.06. The van der Waals surface area contributed by atoms with Crippen LogP contribution in [0.3, 0.4) is 0 Å². The Bertz CT molecular complexity index is 295. The fourth-order valence-corrected chi connectivity index (χ4v) is 1.57. The summed E-state index contributed by atoms with van der Waals surface area (Å²) < 4.78 is 12.5. The number of thioether (sulfide) groups is 1. The maximum absolute atomic E-state index is 12.5. The van der Waals surface area contributed by atoms with E-state index in [9.17, 15) is 9.18 Å². The van der Waals surface area contributed by atoms with Crippen molar-refractivity contribution in [1.29, 1.82) is 0 Å². The Morgan fingerprint density at radius 1 is 1.36 bits per heavy atom. The van der Waals surface area contributed by atoms with Crippen molar-refractivity contribution < 1.29 is 9.18 Å². The summed E-state index contributed by atoms with van der Waals surface area (Å²) in [5.74, 6) is 0.816. The summed E-state index contributed by atoms with van der Waals surface area (Å²) in [5.41, 5.74) is 0.887. The predicted octanol–water partition coefficient (Wildman–Crippen LogP) is 2.69. The Labute approximate surface area is 87.7 Å². The van der Waals surface area contributed by atoms with Gasteiger partial charge in [0.05, 0.1) is 0 Å². The molecule has 0 bridgehead atoms. The summed E-state index contributed by atoms with van der Waals surface area (Å²) >= 11 is 1.66. The zero-order valence-corrected chi connectivity index (χ0v) is 8.94. The Morgan fingerprint density at radius 2 is 2.00 bits per heavy atom. The van der Waals surface area contributed by atoms with Crippen molar-refractivity contribution in [3.63, 3.8) is 0 Å². The molecule has 0 N–H and O–H groups in total. The van der Waals surface area contributed by atoms with Crippen LogP contribution >= 0.6 is 11.8 Å². The van der Waals surface area contributed by atoms with Crippen LogP contribution in [-0.4, -0.2) is 17.8 Å². The average molecular weight is 212 g/mol. The fraction of sp³-hybridized carbons (Fsp3) is 0.364. The van der Waals surface area contributed by atoms with Gasteiger partial charge in [-0.05, 0) is 29.7 Å². The van der Waals surface area contributed by atoms with E-state index >= 15 is 0 Å². The molecule has 0 spiro atoms. The second-order valence-electron chi connectivity index (χ2n) is 3.08. The Balaban J connectivity index is 2.44. The lowest BCUT2D eigenvalue weighted by molar-refractivity contribution is -0.118. The SMILES string of the molecule is CSCCC(=O)Cc1ccc(F)cc1. The monoisotopic (exact) mass is 212 g/mol. The Hall–Kier alpha value is -0.830. The van der Waals surface area contributed by atoms with E-state index in [0.29, 0.717) is 12.8 Å². The number of carbonyl (C=O) groups is 1. The first-order valence-corrected chi connectivity index (χ1v) is 5.87. The van der Waals surface area contributed by atoms with Crippen molar-refractivity contribution in [3.05, 3.63) is 35.6 Å². The van der Waals surface area contributed by atoms with Gasteiger partial charge < -0.3 is 0 Å². The van der Waals surface area contributed by atoms with E-state index in [1.807, 2.05) is 6.26 Å². The van der Waals surface area contributed by atoms with Crippen LogP contribution in [0.4, 0.5) is 4.39 Å². The van der Waals surface area contributed by atoms with Crippen LogP contribution in [0, 0.1) is 5.82 Å². The number of hydrogen-bond acceptors (Lipinski definition) is 2. The molecule has 0 radical (unpaired) electrons. The van der Waals surface area contributed by atoms with E-state index in [1.54, 1.807) is 23.9 Å². The minimum absolute atomic E-state index is 0.214. The molecule has 1 nitrogen and oxygen atoms in total. The molecular weight excluding hydrogens is 199 g/mol. The third-order valence-electron chi connectivity index (χ3n) is 1.90. The van der Waals surface area contributed by atoms with Crippen molar-refractivity contribution in [2.75, 3.05) is 12.0 Å². The summed E-state index contributed by atoms with van der Waals surface area (Å²) in [6.45, 7) is 0. The maximum atomic E-state index is 12.5. The average Bonchev–Trinajstić information content (AvgIpc) is 2.18. The molecule has 0 saturated carbocycles. The standard InChI is InChI=1S/C11H13FOS/c1-14-7-6-11(13)8-9-2-4-10(12)5-3-9/h2-5H,6-8H2,1H3. The first kappa shape index (κ1) is 11.2. The van der Waals surface area contributed by atoms with Crippen LogP contribution in [0.25, 0.3) is 0 Å². The zero-order valence-electron chi connectivity index (χ0n) is 8.13. The molecule has 1 aromatic rings. The summed E-state index contributed by atoms with van der Waals surface area (Å²) in [7, 11) is 0. The second-order valence-corrected chi connectivity index (χ2v) is 4.07. The first-order chi connectivity index (χ1) is 6.72. The van der Waals surface area contributed by atoms with Crippen LogP contribution in [0.1, 0.15) is 12.0 Å². The zero-order chi connectivity index (χ0) is 10.4. The molecule has 0 fully saturated rings. The summed E-state index contributed by atoms with van der Waals surface area (Å²) in [4.78, 5) is 11.3. The molecule has 0 aliphatic carbocycles. The van der Waals surface area contributed by atoms with Gasteiger partial charge in [0.2, 0.25) is 0 Å². The normalized spacial score (nSPS) is 10.1. The number of rotatable bonds is 5. The van der Waals surface area contributed by atoms with Crippen molar-refractivity contribution in [2.24, 2.45) is 0 Å². The van der Waals surface area contributed by atoms with Crippen molar-refractivity contribution in [3.8, 4) is 0 Å². The number of benzene rings is 1. The minimum Gasteiger partial charge on any atom is -0.299 e. The van der Waals surface area contributed by atoms with Crippen molar-refractivity contribution in [1.82, 2.24) is 0 Å². The molecule has 14 heavy (non-hydrogen) atoms. The highest BCUT2D eigenvalue weighted by atomic mass is 32.2. The van der Waals surface area contributed by atoms with Crippen LogP contribution in [0.15, 0.2) is 24.3 Å². The summed E-state index contributed by atoms with van der Waals surface area (Å²) in [5, 5.41) is 0. The molecule has 0 aliphatic rings. The first-order valence-electron chi connectivity index (χ1n) is 4.47. The van der Waals surface area contributed by atoms with Gasteiger partial charge in [0.25, 0.3) is 0 Å². The van der Waals surface area contributed by atoms with E-state index in [0.717, 1.165) is 11.3 Å². The number of ketones is 1. The molecule has 0 heterocycles. The van der Waals surface area contributed by atoms with Crippen LogP contribution in [-0.2, 0) is 11.2 Å². The molecule has 1 aromatic carbocycles. The number of carbonyl (C=O) groups excluding carboxylic acids is 1. The van der Waals surface area contributed by atoms with E-state index < -0.39 is 0 Å².